The minimum atomic E-state index is 0.0238. The number of para-hydroxylation sites is 1. The average Bonchev–Trinajstić information content (AvgIpc) is 3.16. The third kappa shape index (κ3) is 4.72. The van der Waals surface area contributed by atoms with E-state index in [-0.39, 0.29) is 11.9 Å². The highest BCUT2D eigenvalue weighted by Crippen LogP contribution is 2.36. The Bertz CT molecular complexity index is 741. The third-order valence-electron chi connectivity index (χ3n) is 5.27. The number of nitrogens with one attached hydrogen (secondary N) is 1. The number of ether oxygens (including phenoxy) is 1. The molecule has 1 atom stereocenters. The summed E-state index contributed by atoms with van der Waals surface area (Å²) in [5.41, 5.74) is 2.32. The van der Waals surface area contributed by atoms with Crippen LogP contribution < -0.4 is 10.1 Å². The lowest BCUT2D eigenvalue weighted by molar-refractivity contribution is -0.122. The molecule has 1 N–H and O–H groups in total. The second kappa shape index (κ2) is 9.60. The van der Waals surface area contributed by atoms with E-state index in [1.165, 1.54) is 25.0 Å². The standard InChI is InChI=1S/C22H31N3O2/c1-3-4-5-8-13-23-21(26)17-25-16-15-24-14-9-11-19(24)22(25)18-10-6-7-12-20(18)27-2/h6-7,9-12,14,22H,3-5,8,13,15-17H2,1-2H3,(H,23,26). The largest absolute Gasteiger partial charge is 0.496 e. The Balaban J connectivity index is 1.73. The van der Waals surface area contributed by atoms with E-state index in [1.807, 2.05) is 18.2 Å². The van der Waals surface area contributed by atoms with E-state index in [0.29, 0.717) is 6.54 Å². The molecule has 0 spiro atoms. The van der Waals surface area contributed by atoms with E-state index in [2.05, 4.69) is 46.1 Å². The van der Waals surface area contributed by atoms with E-state index >= 15 is 0 Å². The van der Waals surface area contributed by atoms with Gasteiger partial charge >= 0.3 is 0 Å². The molecule has 0 saturated carbocycles. The van der Waals surface area contributed by atoms with Gasteiger partial charge in [-0.1, -0.05) is 44.4 Å². The van der Waals surface area contributed by atoms with Crippen molar-refractivity contribution in [3.05, 3.63) is 53.9 Å². The number of benzene rings is 1. The molecule has 0 fully saturated rings. The highest BCUT2D eigenvalue weighted by molar-refractivity contribution is 5.78. The monoisotopic (exact) mass is 369 g/mol. The number of amides is 1. The molecule has 0 bridgehead atoms. The van der Waals surface area contributed by atoms with E-state index < -0.39 is 0 Å². The minimum Gasteiger partial charge on any atom is -0.496 e. The fraction of sp³-hybridized carbons (Fsp3) is 0.500. The number of rotatable bonds is 9. The predicted molar refractivity (Wildman–Crippen MR) is 108 cm³/mol. The number of hydrogen-bond acceptors (Lipinski definition) is 3. The van der Waals surface area contributed by atoms with Crippen molar-refractivity contribution in [2.75, 3.05) is 26.7 Å². The number of hydrogen-bond donors (Lipinski definition) is 1. The van der Waals surface area contributed by atoms with Crippen LogP contribution in [0.3, 0.4) is 0 Å². The molecule has 2 aromatic rings. The molecule has 3 rings (SSSR count). The van der Waals surface area contributed by atoms with E-state index in [9.17, 15) is 4.79 Å². The molecule has 1 unspecified atom stereocenters. The Morgan fingerprint density at radius 3 is 2.81 bits per heavy atom. The van der Waals surface area contributed by atoms with Gasteiger partial charge in [-0.3, -0.25) is 9.69 Å². The molecular weight excluding hydrogens is 338 g/mol. The van der Waals surface area contributed by atoms with Crippen molar-refractivity contribution in [1.29, 1.82) is 0 Å². The van der Waals surface area contributed by atoms with Crippen molar-refractivity contribution in [1.82, 2.24) is 14.8 Å². The summed E-state index contributed by atoms with van der Waals surface area (Å²) >= 11 is 0. The molecule has 0 saturated heterocycles. The predicted octanol–water partition coefficient (Wildman–Crippen LogP) is 3.60. The Morgan fingerprint density at radius 2 is 2.00 bits per heavy atom. The molecule has 146 valence electrons. The van der Waals surface area contributed by atoms with E-state index in [0.717, 1.165) is 37.4 Å². The quantitative estimate of drug-likeness (QED) is 0.687. The zero-order valence-electron chi connectivity index (χ0n) is 16.5. The summed E-state index contributed by atoms with van der Waals surface area (Å²) in [5, 5.41) is 3.09. The van der Waals surface area contributed by atoms with Crippen LogP contribution in [0, 0.1) is 0 Å². The number of methoxy groups -OCH3 is 1. The second-order valence-corrected chi connectivity index (χ2v) is 7.15. The average molecular weight is 370 g/mol. The molecule has 1 aromatic heterocycles. The summed E-state index contributed by atoms with van der Waals surface area (Å²) in [6, 6.07) is 12.4. The lowest BCUT2D eigenvalue weighted by Crippen LogP contribution is -2.44. The number of carbonyl (C=O) groups is 1. The van der Waals surface area contributed by atoms with Gasteiger partial charge < -0.3 is 14.6 Å². The fourth-order valence-electron chi connectivity index (χ4n) is 3.87. The molecule has 5 heteroatoms. The van der Waals surface area contributed by atoms with Crippen LogP contribution in [-0.4, -0.2) is 42.1 Å². The van der Waals surface area contributed by atoms with Crippen molar-refractivity contribution in [3.8, 4) is 5.75 Å². The Morgan fingerprint density at radius 1 is 1.15 bits per heavy atom. The van der Waals surface area contributed by atoms with Gasteiger partial charge in [0.05, 0.1) is 19.7 Å². The Hall–Kier alpha value is -2.27. The normalized spacial score (nSPS) is 16.7. The topological polar surface area (TPSA) is 46.5 Å². The molecular formula is C22H31N3O2. The number of nitrogens with zero attached hydrogens (tertiary/aromatic N) is 2. The molecule has 2 heterocycles. The maximum atomic E-state index is 12.5. The third-order valence-corrected chi connectivity index (χ3v) is 5.27. The lowest BCUT2D eigenvalue weighted by Gasteiger charge is -2.37. The van der Waals surface area contributed by atoms with Crippen molar-refractivity contribution in [2.24, 2.45) is 0 Å². The van der Waals surface area contributed by atoms with Crippen molar-refractivity contribution in [2.45, 2.75) is 45.2 Å². The van der Waals surface area contributed by atoms with E-state index in [4.69, 9.17) is 4.74 Å². The van der Waals surface area contributed by atoms with Crippen LogP contribution in [0.4, 0.5) is 0 Å². The van der Waals surface area contributed by atoms with Gasteiger partial charge in [-0.2, -0.15) is 0 Å². The van der Waals surface area contributed by atoms with E-state index in [1.54, 1.807) is 7.11 Å². The molecule has 27 heavy (non-hydrogen) atoms. The van der Waals surface area contributed by atoms with Crippen molar-refractivity contribution < 1.29 is 9.53 Å². The lowest BCUT2D eigenvalue weighted by atomic mass is 9.99. The van der Waals surface area contributed by atoms with Gasteiger partial charge in [-0.15, -0.1) is 0 Å². The van der Waals surface area contributed by atoms with Crippen molar-refractivity contribution in [3.63, 3.8) is 0 Å². The highest BCUT2D eigenvalue weighted by atomic mass is 16.5. The Labute approximate surface area is 162 Å². The van der Waals surface area contributed by atoms with Gasteiger partial charge in [0.25, 0.3) is 0 Å². The smallest absolute Gasteiger partial charge is 0.234 e. The summed E-state index contributed by atoms with van der Waals surface area (Å²) in [5.74, 6) is 0.966. The van der Waals surface area contributed by atoms with Gasteiger partial charge in [0.15, 0.2) is 0 Å². The van der Waals surface area contributed by atoms with Gasteiger partial charge in [0.2, 0.25) is 5.91 Å². The summed E-state index contributed by atoms with van der Waals surface area (Å²) < 4.78 is 7.88. The summed E-state index contributed by atoms with van der Waals surface area (Å²) in [4.78, 5) is 14.8. The first-order valence-electron chi connectivity index (χ1n) is 10.0. The van der Waals surface area contributed by atoms with Crippen LogP contribution in [0.2, 0.25) is 0 Å². The molecule has 1 amide bonds. The number of unbranched alkanes of at least 4 members (excludes halogenated alkanes) is 3. The first-order chi connectivity index (χ1) is 13.2. The number of fused-ring (bicyclic) bond motifs is 1. The maximum Gasteiger partial charge on any atom is 0.234 e. The molecule has 0 radical (unpaired) electrons. The van der Waals surface area contributed by atoms with Crippen molar-refractivity contribution >= 4 is 5.91 Å². The van der Waals surface area contributed by atoms with Gasteiger partial charge in [0, 0.05) is 37.1 Å². The molecule has 1 aliphatic rings. The second-order valence-electron chi connectivity index (χ2n) is 7.15. The van der Waals surface area contributed by atoms with Gasteiger partial charge in [0.1, 0.15) is 5.75 Å². The first kappa shape index (κ1) is 19.5. The summed E-state index contributed by atoms with van der Waals surface area (Å²) in [6.07, 6.45) is 6.79. The van der Waals surface area contributed by atoms with Gasteiger partial charge in [-0.25, -0.2) is 0 Å². The zero-order valence-corrected chi connectivity index (χ0v) is 16.5. The highest BCUT2D eigenvalue weighted by Gasteiger charge is 2.31. The van der Waals surface area contributed by atoms with Crippen LogP contribution in [0.1, 0.15) is 49.9 Å². The first-order valence-corrected chi connectivity index (χ1v) is 10.0. The molecule has 5 nitrogen and oxygen atoms in total. The summed E-state index contributed by atoms with van der Waals surface area (Å²) in [6.45, 7) is 5.11. The fourth-order valence-corrected chi connectivity index (χ4v) is 3.87. The minimum absolute atomic E-state index is 0.0238. The molecule has 0 aliphatic carbocycles. The van der Waals surface area contributed by atoms with Gasteiger partial charge in [-0.05, 0) is 24.6 Å². The summed E-state index contributed by atoms with van der Waals surface area (Å²) in [7, 11) is 1.70. The number of aromatic nitrogens is 1. The zero-order chi connectivity index (χ0) is 19.1. The SMILES string of the molecule is CCCCCCNC(=O)CN1CCn2cccc2C1c1ccccc1OC. The van der Waals surface area contributed by atoms with Crippen LogP contribution in [0.25, 0.3) is 0 Å². The van der Waals surface area contributed by atoms with Crippen LogP contribution in [0.15, 0.2) is 42.6 Å². The maximum absolute atomic E-state index is 12.5. The number of carbonyl (C=O) groups excluding carboxylic acids is 1. The molecule has 1 aromatic carbocycles. The van der Waals surface area contributed by atoms with Crippen LogP contribution >= 0.6 is 0 Å². The molecule has 1 aliphatic heterocycles. The van der Waals surface area contributed by atoms with Crippen LogP contribution in [-0.2, 0) is 11.3 Å². The Kier molecular flexibility index (Phi) is 6.93. The van der Waals surface area contributed by atoms with Crippen LogP contribution in [0.5, 0.6) is 5.75 Å².